The van der Waals surface area contributed by atoms with Gasteiger partial charge >= 0.3 is 0 Å². The molecule has 0 aliphatic carbocycles. The summed E-state index contributed by atoms with van der Waals surface area (Å²) in [6.07, 6.45) is 11.4. The number of hydrogen-bond donors (Lipinski definition) is 0. The molecule has 1 heterocycles. The first-order valence-electron chi connectivity index (χ1n) is 8.09. The van der Waals surface area contributed by atoms with Crippen molar-refractivity contribution in [3.05, 3.63) is 22.6 Å². The van der Waals surface area contributed by atoms with E-state index >= 15 is 0 Å². The van der Waals surface area contributed by atoms with E-state index in [0.717, 1.165) is 6.42 Å². The highest BCUT2D eigenvalue weighted by Gasteiger charge is 2.36. The number of methoxy groups -OCH3 is 1. The molecule has 0 aromatic carbocycles. The van der Waals surface area contributed by atoms with Crippen molar-refractivity contribution in [3.63, 3.8) is 0 Å². The van der Waals surface area contributed by atoms with Gasteiger partial charge in [0.05, 0.1) is 24.9 Å². The SMILES string of the molecule is CCCCCCC/C=C/[C@@H]1OC[C@H](C)C(OC)C1N=[N+]=[N-]. The second kappa shape index (κ2) is 10.7. The Labute approximate surface area is 128 Å². The minimum absolute atomic E-state index is 0.0751. The standard InChI is InChI=1S/C16H29N3O2/c1-4-5-6-7-8-9-10-11-14-15(18-19-17)16(20-3)13(2)12-21-14/h10-11,13-16H,4-9,12H2,1-3H3/b11-10+/t13-,14-,15?,16?/m0/s1. The second-order valence-corrected chi connectivity index (χ2v) is 5.80. The van der Waals surface area contributed by atoms with Crippen LogP contribution in [0, 0.1) is 5.92 Å². The first-order chi connectivity index (χ1) is 10.2. The van der Waals surface area contributed by atoms with Gasteiger partial charge in [0.25, 0.3) is 0 Å². The van der Waals surface area contributed by atoms with Crippen LogP contribution in [-0.4, -0.2) is 32.0 Å². The smallest absolute Gasteiger partial charge is 0.0937 e. The summed E-state index contributed by atoms with van der Waals surface area (Å²) in [5.41, 5.74) is 8.75. The van der Waals surface area contributed by atoms with E-state index in [1.54, 1.807) is 7.11 Å². The topological polar surface area (TPSA) is 67.2 Å². The van der Waals surface area contributed by atoms with Gasteiger partial charge in [0, 0.05) is 17.9 Å². The van der Waals surface area contributed by atoms with Gasteiger partial charge in [-0.3, -0.25) is 0 Å². The lowest BCUT2D eigenvalue weighted by molar-refractivity contribution is -0.0897. The Bertz CT molecular complexity index is 353. The zero-order chi connectivity index (χ0) is 15.5. The van der Waals surface area contributed by atoms with Gasteiger partial charge in [-0.2, -0.15) is 0 Å². The predicted molar refractivity (Wildman–Crippen MR) is 85.2 cm³/mol. The average Bonchev–Trinajstić information content (AvgIpc) is 2.49. The number of allylic oxidation sites excluding steroid dienone is 1. The van der Waals surface area contributed by atoms with Crippen LogP contribution >= 0.6 is 0 Å². The summed E-state index contributed by atoms with van der Waals surface area (Å²) in [5.74, 6) is 0.240. The monoisotopic (exact) mass is 295 g/mol. The molecule has 1 aliphatic heterocycles. The van der Waals surface area contributed by atoms with E-state index in [9.17, 15) is 0 Å². The summed E-state index contributed by atoms with van der Waals surface area (Å²) in [4.78, 5) is 2.95. The van der Waals surface area contributed by atoms with Crippen molar-refractivity contribution in [3.8, 4) is 0 Å². The molecule has 1 aliphatic rings. The van der Waals surface area contributed by atoms with Crippen LogP contribution < -0.4 is 0 Å². The Balaban J connectivity index is 2.45. The van der Waals surface area contributed by atoms with Crippen molar-refractivity contribution >= 4 is 0 Å². The number of hydrogen-bond acceptors (Lipinski definition) is 3. The third-order valence-corrected chi connectivity index (χ3v) is 4.04. The Morgan fingerprint density at radius 3 is 2.76 bits per heavy atom. The van der Waals surface area contributed by atoms with Crippen molar-refractivity contribution in [2.75, 3.05) is 13.7 Å². The molecule has 21 heavy (non-hydrogen) atoms. The summed E-state index contributed by atoms with van der Waals surface area (Å²) >= 11 is 0. The quantitative estimate of drug-likeness (QED) is 0.204. The highest BCUT2D eigenvalue weighted by atomic mass is 16.5. The van der Waals surface area contributed by atoms with Gasteiger partial charge in [0.1, 0.15) is 0 Å². The Hall–Kier alpha value is -1.03. The molecule has 0 bridgehead atoms. The maximum atomic E-state index is 8.75. The number of rotatable bonds is 9. The van der Waals surface area contributed by atoms with Crippen LogP contribution in [-0.2, 0) is 9.47 Å². The fourth-order valence-electron chi connectivity index (χ4n) is 2.81. The number of azide groups is 1. The fraction of sp³-hybridized carbons (Fsp3) is 0.875. The highest BCUT2D eigenvalue weighted by molar-refractivity contribution is 5.02. The van der Waals surface area contributed by atoms with Crippen LogP contribution in [0.2, 0.25) is 0 Å². The molecule has 1 saturated heterocycles. The van der Waals surface area contributed by atoms with Crippen molar-refractivity contribution in [1.29, 1.82) is 0 Å². The normalized spacial score (nSPS) is 29.5. The molecular weight excluding hydrogens is 266 g/mol. The molecule has 0 radical (unpaired) electrons. The molecule has 0 aromatic heterocycles. The van der Waals surface area contributed by atoms with Crippen molar-refractivity contribution in [1.82, 2.24) is 0 Å². The van der Waals surface area contributed by atoms with E-state index in [0.29, 0.717) is 6.61 Å². The second-order valence-electron chi connectivity index (χ2n) is 5.80. The maximum absolute atomic E-state index is 8.75. The van der Waals surface area contributed by atoms with Crippen LogP contribution in [0.25, 0.3) is 10.4 Å². The van der Waals surface area contributed by atoms with Crippen LogP contribution in [0.5, 0.6) is 0 Å². The summed E-state index contributed by atoms with van der Waals surface area (Å²) in [5, 5.41) is 3.89. The molecule has 2 unspecified atom stereocenters. The Morgan fingerprint density at radius 1 is 1.33 bits per heavy atom. The molecule has 5 nitrogen and oxygen atoms in total. The third-order valence-electron chi connectivity index (χ3n) is 4.04. The molecule has 5 heteroatoms. The summed E-state index contributed by atoms with van der Waals surface area (Å²) in [7, 11) is 1.67. The van der Waals surface area contributed by atoms with E-state index in [2.05, 4.69) is 29.9 Å². The van der Waals surface area contributed by atoms with Crippen LogP contribution in [0.4, 0.5) is 0 Å². The largest absolute Gasteiger partial charge is 0.381 e. The summed E-state index contributed by atoms with van der Waals surface area (Å²) in [6.45, 7) is 4.92. The molecule has 1 rings (SSSR count). The Kier molecular flexibility index (Phi) is 9.15. The van der Waals surface area contributed by atoms with Gasteiger partial charge in [0.2, 0.25) is 0 Å². The first kappa shape index (κ1) is 18.0. The number of unbranched alkanes of at least 4 members (excludes halogenated alkanes) is 5. The third kappa shape index (κ3) is 6.08. The van der Waals surface area contributed by atoms with E-state index in [-0.39, 0.29) is 24.2 Å². The lowest BCUT2D eigenvalue weighted by Crippen LogP contribution is -2.48. The molecule has 0 saturated carbocycles. The first-order valence-corrected chi connectivity index (χ1v) is 8.09. The minimum atomic E-state index is -0.278. The van der Waals surface area contributed by atoms with E-state index in [1.165, 1.54) is 32.1 Å². The zero-order valence-corrected chi connectivity index (χ0v) is 13.6. The van der Waals surface area contributed by atoms with Gasteiger partial charge in [-0.1, -0.05) is 56.8 Å². The van der Waals surface area contributed by atoms with Crippen molar-refractivity contribution in [2.24, 2.45) is 11.0 Å². The maximum Gasteiger partial charge on any atom is 0.0937 e. The highest BCUT2D eigenvalue weighted by Crippen LogP contribution is 2.26. The molecule has 0 aromatic rings. The lowest BCUT2D eigenvalue weighted by Gasteiger charge is -2.37. The van der Waals surface area contributed by atoms with Crippen LogP contribution in [0.1, 0.15) is 52.4 Å². The molecule has 0 amide bonds. The predicted octanol–water partition coefficient (Wildman–Crippen LogP) is 4.63. The Morgan fingerprint density at radius 2 is 2.10 bits per heavy atom. The van der Waals surface area contributed by atoms with E-state index < -0.39 is 0 Å². The lowest BCUT2D eigenvalue weighted by atomic mass is 9.91. The van der Waals surface area contributed by atoms with Gasteiger partial charge in [-0.05, 0) is 18.4 Å². The van der Waals surface area contributed by atoms with Gasteiger partial charge in [-0.15, -0.1) is 0 Å². The molecule has 120 valence electrons. The van der Waals surface area contributed by atoms with Crippen molar-refractivity contribution in [2.45, 2.75) is 70.6 Å². The van der Waals surface area contributed by atoms with Crippen LogP contribution in [0.3, 0.4) is 0 Å². The number of nitrogens with zero attached hydrogens (tertiary/aromatic N) is 3. The molecule has 4 atom stereocenters. The van der Waals surface area contributed by atoms with E-state index in [1.807, 2.05) is 6.08 Å². The summed E-state index contributed by atoms with van der Waals surface area (Å²) < 4.78 is 11.3. The fourth-order valence-corrected chi connectivity index (χ4v) is 2.81. The van der Waals surface area contributed by atoms with Crippen molar-refractivity contribution < 1.29 is 9.47 Å². The molecular formula is C16H29N3O2. The van der Waals surface area contributed by atoms with Gasteiger partial charge in [0.15, 0.2) is 0 Å². The average molecular weight is 295 g/mol. The summed E-state index contributed by atoms with van der Waals surface area (Å²) in [6, 6.07) is -0.278. The minimum Gasteiger partial charge on any atom is -0.381 e. The molecule has 0 N–H and O–H groups in total. The van der Waals surface area contributed by atoms with Gasteiger partial charge < -0.3 is 9.47 Å². The number of ether oxygens (including phenoxy) is 2. The molecule has 1 fully saturated rings. The van der Waals surface area contributed by atoms with Crippen LogP contribution in [0.15, 0.2) is 17.3 Å². The van der Waals surface area contributed by atoms with Gasteiger partial charge in [-0.25, -0.2) is 0 Å². The van der Waals surface area contributed by atoms with E-state index in [4.69, 9.17) is 15.0 Å². The zero-order valence-electron chi connectivity index (χ0n) is 13.6. The molecule has 0 spiro atoms.